The van der Waals surface area contributed by atoms with Gasteiger partial charge in [0.25, 0.3) is 0 Å². The fourth-order valence-electron chi connectivity index (χ4n) is 2.99. The molecule has 1 aromatic carbocycles. The number of hydrogen-bond donors (Lipinski definition) is 2. The molecule has 0 amide bonds. The lowest BCUT2D eigenvalue weighted by molar-refractivity contribution is 0.0683. The average molecular weight is 355 g/mol. The summed E-state index contributed by atoms with van der Waals surface area (Å²) in [6.45, 7) is 7.99. The van der Waals surface area contributed by atoms with E-state index in [-0.39, 0.29) is 0 Å². The molecule has 0 spiro atoms. The number of aliphatic hydroxyl groups is 1. The van der Waals surface area contributed by atoms with Gasteiger partial charge in [-0.2, -0.15) is 0 Å². The normalized spacial score (nSPS) is 24.4. The second kappa shape index (κ2) is 7.73. The van der Waals surface area contributed by atoms with E-state index in [1.54, 1.807) is 0 Å². The molecule has 0 aliphatic carbocycles. The summed E-state index contributed by atoms with van der Waals surface area (Å²) in [5.74, 6) is 0. The highest BCUT2D eigenvalue weighted by atomic mass is 79.9. The van der Waals surface area contributed by atoms with Crippen LogP contribution >= 0.6 is 15.9 Å². The highest BCUT2D eigenvalue weighted by molar-refractivity contribution is 9.10. The first-order valence-corrected chi connectivity index (χ1v) is 8.73. The van der Waals surface area contributed by atoms with Gasteiger partial charge in [-0.1, -0.05) is 41.1 Å². The van der Waals surface area contributed by atoms with Gasteiger partial charge in [0.2, 0.25) is 0 Å². The third-order valence-corrected chi connectivity index (χ3v) is 4.91. The van der Waals surface area contributed by atoms with Crippen LogP contribution in [0.25, 0.3) is 0 Å². The van der Waals surface area contributed by atoms with Crippen LogP contribution in [0, 0.1) is 0 Å². The van der Waals surface area contributed by atoms with Crippen LogP contribution in [0.4, 0.5) is 0 Å². The van der Waals surface area contributed by atoms with Crippen molar-refractivity contribution in [2.24, 2.45) is 0 Å². The minimum atomic E-state index is -0.500. The molecule has 2 atom stereocenters. The van der Waals surface area contributed by atoms with E-state index in [0.717, 1.165) is 45.4 Å². The Hall–Kier alpha value is -0.420. The standard InChI is InChI=1S/C17H27BrN2O/c1-3-10-19-16(14-6-4-5-7-15(14)18)8-11-20-12-9-17(2,21)13-20/h4-7,16,19,21H,3,8-13H2,1-2H3. The molecule has 2 rings (SSSR count). The average Bonchev–Trinajstić information content (AvgIpc) is 2.80. The molecule has 21 heavy (non-hydrogen) atoms. The van der Waals surface area contributed by atoms with E-state index in [4.69, 9.17) is 0 Å². The van der Waals surface area contributed by atoms with Gasteiger partial charge in [0, 0.05) is 30.1 Å². The smallest absolute Gasteiger partial charge is 0.0758 e. The largest absolute Gasteiger partial charge is 0.389 e. The molecule has 4 heteroatoms. The van der Waals surface area contributed by atoms with E-state index < -0.39 is 5.60 Å². The summed E-state index contributed by atoms with van der Waals surface area (Å²) in [5.41, 5.74) is 0.830. The predicted octanol–water partition coefficient (Wildman–Crippen LogP) is 3.34. The molecule has 1 fully saturated rings. The molecule has 2 N–H and O–H groups in total. The zero-order valence-electron chi connectivity index (χ0n) is 13.1. The summed E-state index contributed by atoms with van der Waals surface area (Å²) in [7, 11) is 0. The summed E-state index contributed by atoms with van der Waals surface area (Å²) >= 11 is 3.67. The maximum Gasteiger partial charge on any atom is 0.0758 e. The Kier molecular flexibility index (Phi) is 6.23. The number of benzene rings is 1. The number of nitrogens with zero attached hydrogens (tertiary/aromatic N) is 1. The van der Waals surface area contributed by atoms with Crippen molar-refractivity contribution in [3.05, 3.63) is 34.3 Å². The SMILES string of the molecule is CCCNC(CCN1CCC(C)(O)C1)c1ccccc1Br. The molecule has 3 nitrogen and oxygen atoms in total. The van der Waals surface area contributed by atoms with E-state index in [2.05, 4.69) is 57.3 Å². The molecular weight excluding hydrogens is 328 g/mol. The van der Waals surface area contributed by atoms with Crippen LogP contribution in [0.5, 0.6) is 0 Å². The number of halogens is 1. The number of rotatable bonds is 7. The molecule has 0 radical (unpaired) electrons. The van der Waals surface area contributed by atoms with Crippen LogP contribution in [-0.4, -0.2) is 41.8 Å². The van der Waals surface area contributed by atoms with Crippen molar-refractivity contribution < 1.29 is 5.11 Å². The molecule has 0 saturated carbocycles. The zero-order chi connectivity index (χ0) is 15.3. The molecule has 1 saturated heterocycles. The Morgan fingerprint density at radius 2 is 2.19 bits per heavy atom. The van der Waals surface area contributed by atoms with Crippen LogP contribution in [0.3, 0.4) is 0 Å². The number of hydrogen-bond acceptors (Lipinski definition) is 3. The third kappa shape index (κ3) is 5.06. The van der Waals surface area contributed by atoms with Crippen molar-refractivity contribution in [3.8, 4) is 0 Å². The first-order chi connectivity index (χ1) is 10.0. The summed E-state index contributed by atoms with van der Waals surface area (Å²) in [4.78, 5) is 2.37. The Morgan fingerprint density at radius 3 is 2.81 bits per heavy atom. The van der Waals surface area contributed by atoms with Crippen molar-refractivity contribution in [1.29, 1.82) is 0 Å². The van der Waals surface area contributed by atoms with E-state index in [9.17, 15) is 5.11 Å². The van der Waals surface area contributed by atoms with Gasteiger partial charge in [-0.05, 0) is 44.4 Å². The van der Waals surface area contributed by atoms with Crippen LogP contribution in [0.2, 0.25) is 0 Å². The quantitative estimate of drug-likeness (QED) is 0.788. The Balaban J connectivity index is 1.96. The molecule has 118 valence electrons. The topological polar surface area (TPSA) is 35.5 Å². The van der Waals surface area contributed by atoms with Gasteiger partial charge in [0.05, 0.1) is 5.60 Å². The van der Waals surface area contributed by atoms with Gasteiger partial charge in [-0.15, -0.1) is 0 Å². The van der Waals surface area contributed by atoms with E-state index in [1.807, 2.05) is 6.92 Å². The van der Waals surface area contributed by atoms with E-state index in [0.29, 0.717) is 6.04 Å². The summed E-state index contributed by atoms with van der Waals surface area (Å²) in [6, 6.07) is 8.82. The van der Waals surface area contributed by atoms with Gasteiger partial charge in [-0.25, -0.2) is 0 Å². The molecule has 1 aliphatic heterocycles. The van der Waals surface area contributed by atoms with Gasteiger partial charge < -0.3 is 15.3 Å². The van der Waals surface area contributed by atoms with Crippen molar-refractivity contribution in [3.63, 3.8) is 0 Å². The van der Waals surface area contributed by atoms with Crippen molar-refractivity contribution in [1.82, 2.24) is 10.2 Å². The Morgan fingerprint density at radius 1 is 1.43 bits per heavy atom. The fraction of sp³-hybridized carbons (Fsp3) is 0.647. The maximum atomic E-state index is 10.1. The van der Waals surface area contributed by atoms with Crippen molar-refractivity contribution in [2.75, 3.05) is 26.2 Å². The minimum absolute atomic E-state index is 0.367. The van der Waals surface area contributed by atoms with Gasteiger partial charge in [0.1, 0.15) is 0 Å². The first kappa shape index (κ1) is 16.9. The summed E-state index contributed by atoms with van der Waals surface area (Å²) in [5, 5.41) is 13.7. The molecule has 1 heterocycles. The van der Waals surface area contributed by atoms with Crippen LogP contribution in [-0.2, 0) is 0 Å². The molecule has 2 unspecified atom stereocenters. The summed E-state index contributed by atoms with van der Waals surface area (Å²) < 4.78 is 1.17. The Bertz CT molecular complexity index is 450. The minimum Gasteiger partial charge on any atom is -0.389 e. The van der Waals surface area contributed by atoms with E-state index in [1.165, 1.54) is 10.0 Å². The molecule has 1 aliphatic rings. The lowest BCUT2D eigenvalue weighted by Crippen LogP contribution is -2.32. The van der Waals surface area contributed by atoms with Crippen molar-refractivity contribution in [2.45, 2.75) is 44.8 Å². The van der Waals surface area contributed by atoms with Crippen LogP contribution < -0.4 is 5.32 Å². The molecule has 0 bridgehead atoms. The highest BCUT2D eigenvalue weighted by Gasteiger charge is 2.31. The molecule has 1 aromatic rings. The van der Waals surface area contributed by atoms with Gasteiger partial charge >= 0.3 is 0 Å². The lowest BCUT2D eigenvalue weighted by Gasteiger charge is -2.24. The Labute approximate surface area is 136 Å². The number of likely N-dealkylation sites (tertiary alicyclic amines) is 1. The fourth-order valence-corrected chi connectivity index (χ4v) is 3.55. The maximum absolute atomic E-state index is 10.1. The van der Waals surface area contributed by atoms with Crippen LogP contribution in [0.1, 0.15) is 44.7 Å². The lowest BCUT2D eigenvalue weighted by atomic mass is 10.0. The van der Waals surface area contributed by atoms with Crippen LogP contribution in [0.15, 0.2) is 28.7 Å². The second-order valence-corrected chi connectivity index (χ2v) is 7.19. The van der Waals surface area contributed by atoms with E-state index >= 15 is 0 Å². The second-order valence-electron chi connectivity index (χ2n) is 6.34. The van der Waals surface area contributed by atoms with Gasteiger partial charge in [0.15, 0.2) is 0 Å². The number of nitrogens with one attached hydrogen (secondary N) is 1. The predicted molar refractivity (Wildman–Crippen MR) is 91.5 cm³/mol. The number of β-amino-alcohol motifs (C(OH)–C–C–N with tert-alkyl or cyclic N) is 1. The third-order valence-electron chi connectivity index (χ3n) is 4.19. The van der Waals surface area contributed by atoms with Gasteiger partial charge in [-0.3, -0.25) is 0 Å². The highest BCUT2D eigenvalue weighted by Crippen LogP contribution is 2.27. The molecule has 0 aromatic heterocycles. The monoisotopic (exact) mass is 354 g/mol. The van der Waals surface area contributed by atoms with Crippen molar-refractivity contribution >= 4 is 15.9 Å². The summed E-state index contributed by atoms with van der Waals surface area (Å²) in [6.07, 6.45) is 3.09. The first-order valence-electron chi connectivity index (χ1n) is 7.94. The molecular formula is C17H27BrN2O. The zero-order valence-corrected chi connectivity index (χ0v) is 14.7.